The van der Waals surface area contributed by atoms with Gasteiger partial charge in [-0.1, -0.05) is 18.2 Å². The van der Waals surface area contributed by atoms with Crippen LogP contribution in [-0.4, -0.2) is 25.5 Å². The van der Waals surface area contributed by atoms with Crippen molar-refractivity contribution < 1.29 is 27.5 Å². The summed E-state index contributed by atoms with van der Waals surface area (Å²) in [5.74, 6) is -5.25. The van der Waals surface area contributed by atoms with Crippen molar-refractivity contribution in [1.29, 1.82) is 0 Å². The lowest BCUT2D eigenvalue weighted by Gasteiger charge is -2.10. The highest BCUT2D eigenvalue weighted by molar-refractivity contribution is 5.94. The number of ether oxygens (including phenoxy) is 1. The predicted octanol–water partition coefficient (Wildman–Crippen LogP) is 2.41. The van der Waals surface area contributed by atoms with E-state index in [1.807, 2.05) is 0 Å². The lowest BCUT2D eigenvalue weighted by Crippen LogP contribution is -2.34. The van der Waals surface area contributed by atoms with Crippen molar-refractivity contribution in [2.75, 3.05) is 19.0 Å². The summed E-state index contributed by atoms with van der Waals surface area (Å²) in [5, 5.41) is 4.41. The van der Waals surface area contributed by atoms with E-state index < -0.39 is 41.5 Å². The van der Waals surface area contributed by atoms with Gasteiger partial charge in [-0.2, -0.15) is 0 Å². The van der Waals surface area contributed by atoms with Crippen LogP contribution in [0.3, 0.4) is 0 Å². The Morgan fingerprint density at radius 2 is 1.72 bits per heavy atom. The number of hydrogen-bond donors (Lipinski definition) is 2. The van der Waals surface area contributed by atoms with Gasteiger partial charge in [-0.05, 0) is 18.2 Å². The number of para-hydroxylation sites is 1. The van der Waals surface area contributed by atoms with Gasteiger partial charge in [0.1, 0.15) is 5.75 Å². The second-order valence-corrected chi connectivity index (χ2v) is 5.04. The van der Waals surface area contributed by atoms with Crippen molar-refractivity contribution in [2.24, 2.45) is 0 Å². The number of carbonyl (C=O) groups excluding carboxylic acids is 2. The van der Waals surface area contributed by atoms with Gasteiger partial charge >= 0.3 is 0 Å². The number of hydrogen-bond acceptors (Lipinski definition) is 3. The highest BCUT2D eigenvalue weighted by Crippen LogP contribution is 2.19. The number of methoxy groups -OCH3 is 1. The van der Waals surface area contributed by atoms with Crippen LogP contribution in [0.1, 0.15) is 5.56 Å². The molecule has 0 radical (unpaired) electrons. The first-order chi connectivity index (χ1) is 11.9. The molecular weight excluding hydrogens is 337 g/mol. The molecule has 0 atom stereocenters. The monoisotopic (exact) mass is 352 g/mol. The van der Waals surface area contributed by atoms with Crippen LogP contribution >= 0.6 is 0 Å². The molecule has 0 aromatic heterocycles. The van der Waals surface area contributed by atoms with Crippen LogP contribution in [0.25, 0.3) is 0 Å². The minimum absolute atomic E-state index is 0.0170. The first kappa shape index (κ1) is 18.3. The van der Waals surface area contributed by atoms with Crippen LogP contribution in [0.4, 0.5) is 18.9 Å². The first-order valence-corrected chi connectivity index (χ1v) is 7.24. The Balaban J connectivity index is 1.90. The van der Waals surface area contributed by atoms with E-state index in [1.165, 1.54) is 7.11 Å². The Hall–Kier alpha value is -3.03. The topological polar surface area (TPSA) is 67.4 Å². The SMILES string of the molecule is COc1ccccc1CC(=O)NCC(=O)Nc1ccc(F)c(F)c1F. The van der Waals surface area contributed by atoms with E-state index in [2.05, 4.69) is 10.6 Å². The molecule has 25 heavy (non-hydrogen) atoms. The van der Waals surface area contributed by atoms with Gasteiger partial charge in [0.25, 0.3) is 0 Å². The maximum Gasteiger partial charge on any atom is 0.243 e. The van der Waals surface area contributed by atoms with Crippen LogP contribution in [0.2, 0.25) is 0 Å². The molecule has 2 aromatic rings. The van der Waals surface area contributed by atoms with Crippen molar-refractivity contribution in [1.82, 2.24) is 5.32 Å². The van der Waals surface area contributed by atoms with Gasteiger partial charge in [-0.3, -0.25) is 9.59 Å². The molecule has 0 aliphatic carbocycles. The number of rotatable bonds is 6. The van der Waals surface area contributed by atoms with Gasteiger partial charge in [0.2, 0.25) is 11.8 Å². The third-order valence-corrected chi connectivity index (χ3v) is 3.30. The molecular formula is C17H15F3N2O3. The molecule has 2 N–H and O–H groups in total. The van der Waals surface area contributed by atoms with E-state index in [1.54, 1.807) is 24.3 Å². The highest BCUT2D eigenvalue weighted by atomic mass is 19.2. The second-order valence-electron chi connectivity index (χ2n) is 5.04. The summed E-state index contributed by atoms with van der Waals surface area (Å²) in [6.45, 7) is -0.452. The summed E-state index contributed by atoms with van der Waals surface area (Å²) in [4.78, 5) is 23.6. The van der Waals surface area contributed by atoms with Gasteiger partial charge in [-0.25, -0.2) is 13.2 Å². The summed E-state index contributed by atoms with van der Waals surface area (Å²) < 4.78 is 44.5. The number of halogens is 3. The number of anilines is 1. The minimum atomic E-state index is -1.68. The molecule has 2 aromatic carbocycles. The Kier molecular flexibility index (Phi) is 5.99. The zero-order chi connectivity index (χ0) is 18.4. The maximum absolute atomic E-state index is 13.5. The van der Waals surface area contributed by atoms with Crippen LogP contribution in [0.5, 0.6) is 5.75 Å². The van der Waals surface area contributed by atoms with Gasteiger partial charge in [0.15, 0.2) is 17.5 Å². The second kappa shape index (κ2) is 8.18. The molecule has 2 amide bonds. The third kappa shape index (κ3) is 4.72. The Morgan fingerprint density at radius 3 is 2.44 bits per heavy atom. The van der Waals surface area contributed by atoms with Crippen molar-refractivity contribution in [3.63, 3.8) is 0 Å². The fraction of sp³-hybridized carbons (Fsp3) is 0.176. The van der Waals surface area contributed by atoms with Gasteiger partial charge in [-0.15, -0.1) is 0 Å². The minimum Gasteiger partial charge on any atom is -0.496 e. The average molecular weight is 352 g/mol. The molecule has 0 aliphatic rings. The molecule has 0 aliphatic heterocycles. The Labute approximate surface area is 141 Å². The average Bonchev–Trinajstić information content (AvgIpc) is 2.61. The van der Waals surface area contributed by atoms with E-state index in [4.69, 9.17) is 4.74 Å². The molecule has 0 heterocycles. The van der Waals surface area contributed by atoms with Gasteiger partial charge in [0.05, 0.1) is 25.8 Å². The van der Waals surface area contributed by atoms with Crippen molar-refractivity contribution in [3.05, 3.63) is 59.4 Å². The summed E-state index contributed by atoms with van der Waals surface area (Å²) in [6.07, 6.45) is -0.0170. The van der Waals surface area contributed by atoms with Crippen LogP contribution < -0.4 is 15.4 Å². The van der Waals surface area contributed by atoms with E-state index in [0.29, 0.717) is 17.4 Å². The standard InChI is InChI=1S/C17H15F3N2O3/c1-25-13-5-3-2-4-10(13)8-14(23)21-9-15(24)22-12-7-6-11(18)16(19)17(12)20/h2-7H,8-9H2,1H3,(H,21,23)(H,22,24). The van der Waals surface area contributed by atoms with E-state index >= 15 is 0 Å². The molecule has 0 fully saturated rings. The predicted molar refractivity (Wildman–Crippen MR) is 84.7 cm³/mol. The lowest BCUT2D eigenvalue weighted by molar-refractivity contribution is -0.123. The number of benzene rings is 2. The zero-order valence-corrected chi connectivity index (χ0v) is 13.2. The normalized spacial score (nSPS) is 10.2. The van der Waals surface area contributed by atoms with Crippen molar-refractivity contribution >= 4 is 17.5 Å². The summed E-state index contributed by atoms with van der Waals surface area (Å²) in [5.41, 5.74) is 0.123. The lowest BCUT2D eigenvalue weighted by atomic mass is 10.1. The van der Waals surface area contributed by atoms with Crippen LogP contribution in [-0.2, 0) is 16.0 Å². The number of amides is 2. The zero-order valence-electron chi connectivity index (χ0n) is 13.2. The van der Waals surface area contributed by atoms with E-state index in [-0.39, 0.29) is 6.42 Å². The molecule has 0 saturated carbocycles. The fourth-order valence-corrected chi connectivity index (χ4v) is 2.08. The number of carbonyl (C=O) groups is 2. The molecule has 2 rings (SSSR count). The van der Waals surface area contributed by atoms with Crippen molar-refractivity contribution in [3.8, 4) is 5.75 Å². The van der Waals surface area contributed by atoms with Gasteiger partial charge in [0, 0.05) is 5.56 Å². The first-order valence-electron chi connectivity index (χ1n) is 7.24. The van der Waals surface area contributed by atoms with E-state index in [0.717, 1.165) is 6.07 Å². The summed E-state index contributed by atoms with van der Waals surface area (Å²) >= 11 is 0. The quantitative estimate of drug-likeness (QED) is 0.785. The smallest absolute Gasteiger partial charge is 0.243 e. The fourth-order valence-electron chi connectivity index (χ4n) is 2.08. The van der Waals surface area contributed by atoms with Crippen LogP contribution in [0, 0.1) is 17.5 Å². The largest absolute Gasteiger partial charge is 0.496 e. The van der Waals surface area contributed by atoms with Crippen molar-refractivity contribution in [2.45, 2.75) is 6.42 Å². The van der Waals surface area contributed by atoms with Crippen LogP contribution in [0.15, 0.2) is 36.4 Å². The van der Waals surface area contributed by atoms with E-state index in [9.17, 15) is 22.8 Å². The molecule has 0 spiro atoms. The Morgan fingerprint density at radius 1 is 1.00 bits per heavy atom. The molecule has 0 bridgehead atoms. The molecule has 0 saturated heterocycles. The molecule has 8 heteroatoms. The summed E-state index contributed by atoms with van der Waals surface area (Å²) in [6, 6.07) is 8.47. The highest BCUT2D eigenvalue weighted by Gasteiger charge is 2.16. The van der Waals surface area contributed by atoms with Gasteiger partial charge < -0.3 is 15.4 Å². The molecule has 132 valence electrons. The number of nitrogens with one attached hydrogen (secondary N) is 2. The Bertz CT molecular complexity index is 797. The molecule has 5 nitrogen and oxygen atoms in total. The maximum atomic E-state index is 13.5. The summed E-state index contributed by atoms with van der Waals surface area (Å²) in [7, 11) is 1.47. The third-order valence-electron chi connectivity index (χ3n) is 3.30. The molecule has 0 unspecified atom stereocenters.